The van der Waals surface area contributed by atoms with Gasteiger partial charge in [-0.05, 0) is 95.6 Å². The van der Waals surface area contributed by atoms with Gasteiger partial charge in [-0.3, -0.25) is 0 Å². The Hall–Kier alpha value is -1.79. The van der Waals surface area contributed by atoms with Crippen molar-refractivity contribution < 1.29 is 8.85 Å². The molecule has 0 heterocycles. The highest BCUT2D eigenvalue weighted by Gasteiger charge is 2.39. The number of allylic oxidation sites excluding steroid dienone is 2. The van der Waals surface area contributed by atoms with Crippen LogP contribution in [0.5, 0.6) is 11.5 Å². The van der Waals surface area contributed by atoms with Gasteiger partial charge < -0.3 is 8.85 Å². The molecule has 2 aromatic carbocycles. The van der Waals surface area contributed by atoms with Gasteiger partial charge in [0.1, 0.15) is 11.5 Å². The molecule has 0 aliphatic heterocycles. The molecule has 0 radical (unpaired) electrons. The molecule has 0 saturated heterocycles. The van der Waals surface area contributed by atoms with Gasteiger partial charge in [-0.1, -0.05) is 79.7 Å². The minimum absolute atomic E-state index is 0.190. The fourth-order valence-corrected chi connectivity index (χ4v) is 5.59. The van der Waals surface area contributed by atoms with Gasteiger partial charge in [0.15, 0.2) is 0 Å². The van der Waals surface area contributed by atoms with E-state index in [2.05, 4.69) is 130 Å². The maximum absolute atomic E-state index is 6.50. The fourth-order valence-electron chi connectivity index (χ4n) is 3.53. The Kier molecular flexibility index (Phi) is 8.75. The summed E-state index contributed by atoms with van der Waals surface area (Å²) in [4.78, 5) is 0. The number of hydrogen-bond donors (Lipinski definition) is 0. The third-order valence-electron chi connectivity index (χ3n) is 7.84. The zero-order valence-corrected chi connectivity index (χ0v) is 25.8. The predicted octanol–water partition coefficient (Wildman–Crippen LogP) is 10.2. The van der Waals surface area contributed by atoms with Gasteiger partial charge in [0.05, 0.1) is 0 Å². The summed E-state index contributed by atoms with van der Waals surface area (Å²) in [6.45, 7) is 27.4. The molecule has 0 unspecified atom stereocenters. The van der Waals surface area contributed by atoms with Crippen LogP contribution in [0.1, 0.15) is 79.4 Å². The van der Waals surface area contributed by atoms with E-state index >= 15 is 0 Å². The zero-order chi connectivity index (χ0) is 25.9. The van der Waals surface area contributed by atoms with Gasteiger partial charge in [0.25, 0.3) is 0 Å². The van der Waals surface area contributed by atoms with E-state index in [4.69, 9.17) is 8.85 Å². The standard InChI is InChI=1S/C30H48O2Si2/c1-13-27(23-15-19-25(20-16-23)31-33(9,10)29(3,4)5)28(14-2)24-17-21-26(22-18-24)32-34(11,12)30(6,7)8/h15-22H,13-14H2,1-12H3/b28-27+. The molecule has 0 saturated carbocycles. The summed E-state index contributed by atoms with van der Waals surface area (Å²) in [7, 11) is -3.67. The van der Waals surface area contributed by atoms with Crippen molar-refractivity contribution in [1.82, 2.24) is 0 Å². The van der Waals surface area contributed by atoms with Gasteiger partial charge >= 0.3 is 0 Å². The predicted molar refractivity (Wildman–Crippen MR) is 156 cm³/mol. The molecular weight excluding hydrogens is 449 g/mol. The maximum Gasteiger partial charge on any atom is 0.250 e. The fraction of sp³-hybridized carbons (Fsp3) is 0.533. The van der Waals surface area contributed by atoms with Crippen LogP contribution in [0.3, 0.4) is 0 Å². The SMILES string of the molecule is CC/C(=C(/CC)c1ccc(O[Si](C)(C)C(C)(C)C)cc1)c1ccc(O[Si](C)(C)C(C)(C)C)cc1. The first-order valence-corrected chi connectivity index (χ1v) is 18.6. The average Bonchev–Trinajstić information content (AvgIpc) is 2.71. The molecule has 0 aromatic heterocycles. The molecular formula is C30H48O2Si2. The maximum atomic E-state index is 6.50. The molecule has 0 aliphatic carbocycles. The largest absolute Gasteiger partial charge is 0.544 e. The molecule has 0 spiro atoms. The summed E-state index contributed by atoms with van der Waals surface area (Å²) in [5, 5.41) is 0.381. The van der Waals surface area contributed by atoms with Crippen molar-refractivity contribution in [1.29, 1.82) is 0 Å². The van der Waals surface area contributed by atoms with Gasteiger partial charge in [-0.25, -0.2) is 0 Å². The highest BCUT2D eigenvalue weighted by atomic mass is 28.4. The van der Waals surface area contributed by atoms with E-state index in [9.17, 15) is 0 Å². The first kappa shape index (κ1) is 28.5. The van der Waals surface area contributed by atoms with Crippen LogP contribution in [0.2, 0.25) is 36.3 Å². The Morgan fingerprint density at radius 1 is 0.559 bits per heavy atom. The topological polar surface area (TPSA) is 18.5 Å². The molecule has 0 atom stereocenters. The lowest BCUT2D eigenvalue weighted by Crippen LogP contribution is -2.43. The van der Waals surface area contributed by atoms with E-state index in [1.54, 1.807) is 0 Å². The molecule has 0 N–H and O–H groups in total. The number of benzene rings is 2. The van der Waals surface area contributed by atoms with Crippen LogP contribution in [0.25, 0.3) is 11.1 Å². The Balaban J connectivity index is 2.33. The van der Waals surface area contributed by atoms with E-state index in [1.807, 2.05) is 0 Å². The average molecular weight is 497 g/mol. The van der Waals surface area contributed by atoms with Crippen LogP contribution in [-0.2, 0) is 0 Å². The van der Waals surface area contributed by atoms with Crippen LogP contribution in [-0.4, -0.2) is 16.6 Å². The normalized spacial score (nSPS) is 14.0. The number of rotatable bonds is 8. The monoisotopic (exact) mass is 496 g/mol. The summed E-state index contributed by atoms with van der Waals surface area (Å²) >= 11 is 0. The Labute approximate surface area is 212 Å². The summed E-state index contributed by atoms with van der Waals surface area (Å²) < 4.78 is 13.0. The van der Waals surface area contributed by atoms with E-state index in [0.29, 0.717) is 0 Å². The second kappa shape index (κ2) is 10.5. The van der Waals surface area contributed by atoms with Crippen LogP contribution < -0.4 is 8.85 Å². The quantitative estimate of drug-likeness (QED) is 0.267. The molecule has 34 heavy (non-hydrogen) atoms. The van der Waals surface area contributed by atoms with Gasteiger partial charge in [-0.2, -0.15) is 0 Å². The van der Waals surface area contributed by atoms with Crippen LogP contribution in [0.15, 0.2) is 48.5 Å². The first-order chi connectivity index (χ1) is 15.5. The van der Waals surface area contributed by atoms with Crippen LogP contribution >= 0.6 is 0 Å². The van der Waals surface area contributed by atoms with Crippen molar-refractivity contribution in [3.05, 3.63) is 59.7 Å². The van der Waals surface area contributed by atoms with Gasteiger partial charge in [-0.15, -0.1) is 0 Å². The Morgan fingerprint density at radius 2 is 0.824 bits per heavy atom. The molecule has 2 aromatic rings. The van der Waals surface area contributed by atoms with E-state index < -0.39 is 16.6 Å². The summed E-state index contributed by atoms with van der Waals surface area (Å²) in [5.41, 5.74) is 5.37. The molecule has 0 fully saturated rings. The van der Waals surface area contributed by atoms with Gasteiger partial charge in [0.2, 0.25) is 16.6 Å². The lowest BCUT2D eigenvalue weighted by Gasteiger charge is -2.36. The minimum Gasteiger partial charge on any atom is -0.544 e. The van der Waals surface area contributed by atoms with Crippen molar-refractivity contribution >= 4 is 27.8 Å². The van der Waals surface area contributed by atoms with E-state index in [0.717, 1.165) is 24.3 Å². The zero-order valence-electron chi connectivity index (χ0n) is 23.8. The molecule has 0 aliphatic rings. The second-order valence-corrected chi connectivity index (χ2v) is 21.9. The molecule has 0 amide bonds. The molecule has 188 valence electrons. The van der Waals surface area contributed by atoms with Crippen LogP contribution in [0.4, 0.5) is 0 Å². The minimum atomic E-state index is -1.84. The van der Waals surface area contributed by atoms with E-state index in [1.165, 1.54) is 22.3 Å². The van der Waals surface area contributed by atoms with Crippen molar-refractivity contribution in [3.8, 4) is 11.5 Å². The van der Waals surface area contributed by atoms with Crippen molar-refractivity contribution in [2.24, 2.45) is 0 Å². The number of hydrogen-bond acceptors (Lipinski definition) is 2. The van der Waals surface area contributed by atoms with E-state index in [-0.39, 0.29) is 10.1 Å². The highest BCUT2D eigenvalue weighted by Crippen LogP contribution is 2.39. The Bertz CT molecular complexity index is 889. The van der Waals surface area contributed by atoms with Crippen molar-refractivity contribution in [2.45, 2.75) is 104 Å². The highest BCUT2D eigenvalue weighted by molar-refractivity contribution is 6.75. The van der Waals surface area contributed by atoms with Crippen molar-refractivity contribution in [2.75, 3.05) is 0 Å². The summed E-state index contributed by atoms with van der Waals surface area (Å²) in [5.74, 6) is 1.96. The summed E-state index contributed by atoms with van der Waals surface area (Å²) in [6.07, 6.45) is 1.99. The van der Waals surface area contributed by atoms with Gasteiger partial charge in [0, 0.05) is 0 Å². The third-order valence-corrected chi connectivity index (χ3v) is 16.6. The third kappa shape index (κ3) is 6.66. The Morgan fingerprint density at radius 3 is 1.03 bits per heavy atom. The lowest BCUT2D eigenvalue weighted by molar-refractivity contribution is 0.492. The molecule has 0 bridgehead atoms. The van der Waals surface area contributed by atoms with Crippen molar-refractivity contribution in [3.63, 3.8) is 0 Å². The van der Waals surface area contributed by atoms with Crippen LogP contribution in [0, 0.1) is 0 Å². The first-order valence-electron chi connectivity index (χ1n) is 12.8. The summed E-state index contributed by atoms with van der Waals surface area (Å²) in [6, 6.07) is 17.5. The molecule has 4 heteroatoms. The lowest BCUT2D eigenvalue weighted by atomic mass is 9.91. The second-order valence-electron chi connectivity index (χ2n) is 12.4. The molecule has 2 nitrogen and oxygen atoms in total. The molecule has 2 rings (SSSR count). The smallest absolute Gasteiger partial charge is 0.250 e.